The number of fused-ring (bicyclic) bond motifs is 1. The van der Waals surface area contributed by atoms with Gasteiger partial charge in [-0.05, 0) is 24.6 Å². The summed E-state index contributed by atoms with van der Waals surface area (Å²) in [6.45, 7) is 2.16. The highest BCUT2D eigenvalue weighted by atomic mass is 35.5. The Morgan fingerprint density at radius 3 is 2.68 bits per heavy atom. The van der Waals surface area contributed by atoms with Gasteiger partial charge in [0.1, 0.15) is 17.0 Å². The predicted octanol–water partition coefficient (Wildman–Crippen LogP) is 4.42. The van der Waals surface area contributed by atoms with Crippen LogP contribution in [0.5, 0.6) is 0 Å². The van der Waals surface area contributed by atoms with Crippen LogP contribution in [0.4, 0.5) is 11.5 Å². The molecule has 1 N–H and O–H groups in total. The van der Waals surface area contributed by atoms with E-state index in [9.17, 15) is 0 Å². The third-order valence-corrected chi connectivity index (χ3v) is 3.95. The van der Waals surface area contributed by atoms with E-state index < -0.39 is 0 Å². The Balaban J connectivity index is 0.00000133. The quantitative estimate of drug-likeness (QED) is 0.776. The molecule has 3 nitrogen and oxygen atoms in total. The molecule has 0 atom stereocenters. The molecule has 2 aromatic heterocycles. The molecule has 0 aliphatic heterocycles. The zero-order valence-electron chi connectivity index (χ0n) is 10.5. The molecule has 98 valence electrons. The highest BCUT2D eigenvalue weighted by Gasteiger charge is 2.07. The van der Waals surface area contributed by atoms with Gasteiger partial charge >= 0.3 is 0 Å². The highest BCUT2D eigenvalue weighted by molar-refractivity contribution is 7.18. The van der Waals surface area contributed by atoms with E-state index in [2.05, 4.69) is 28.3 Å². The van der Waals surface area contributed by atoms with Crippen molar-refractivity contribution in [1.29, 1.82) is 0 Å². The van der Waals surface area contributed by atoms with Crippen LogP contribution in [-0.4, -0.2) is 9.97 Å². The summed E-state index contributed by atoms with van der Waals surface area (Å²) >= 11 is 1.73. The topological polar surface area (TPSA) is 37.8 Å². The molecule has 3 aromatic rings. The van der Waals surface area contributed by atoms with Crippen LogP contribution >= 0.6 is 23.7 Å². The van der Waals surface area contributed by atoms with Gasteiger partial charge in [-0.15, -0.1) is 23.7 Å². The Hall–Kier alpha value is -1.65. The monoisotopic (exact) mass is 291 g/mol. The fourth-order valence-electron chi connectivity index (χ4n) is 1.84. The summed E-state index contributed by atoms with van der Waals surface area (Å²) in [5, 5.41) is 4.44. The van der Waals surface area contributed by atoms with E-state index in [1.54, 1.807) is 17.7 Å². The molecule has 2 heterocycles. The van der Waals surface area contributed by atoms with Crippen molar-refractivity contribution in [3.8, 4) is 0 Å². The molecule has 0 unspecified atom stereocenters. The number of hydrogen-bond acceptors (Lipinski definition) is 4. The number of aryl methyl sites for hydroxylation is 1. The van der Waals surface area contributed by atoms with Crippen LogP contribution in [-0.2, 0) is 6.42 Å². The SMILES string of the molecule is CCc1cc2c(Nc3ccccc3)ncnc2s1.Cl. The Bertz CT molecular complexity index is 667. The van der Waals surface area contributed by atoms with Crippen molar-refractivity contribution in [2.24, 2.45) is 0 Å². The lowest BCUT2D eigenvalue weighted by Gasteiger charge is -2.05. The third-order valence-electron chi connectivity index (χ3n) is 2.77. The number of benzene rings is 1. The van der Waals surface area contributed by atoms with Crippen LogP contribution < -0.4 is 5.32 Å². The van der Waals surface area contributed by atoms with E-state index in [0.717, 1.165) is 28.1 Å². The number of thiophene rings is 1. The summed E-state index contributed by atoms with van der Waals surface area (Å²) in [6, 6.07) is 12.2. The number of rotatable bonds is 3. The second-order valence-electron chi connectivity index (χ2n) is 4.00. The molecule has 0 aliphatic rings. The fourth-order valence-corrected chi connectivity index (χ4v) is 2.77. The van der Waals surface area contributed by atoms with Crippen molar-refractivity contribution < 1.29 is 0 Å². The summed E-state index contributed by atoms with van der Waals surface area (Å²) in [4.78, 5) is 11.0. The normalized spacial score (nSPS) is 10.2. The largest absolute Gasteiger partial charge is 0.340 e. The van der Waals surface area contributed by atoms with Crippen molar-refractivity contribution in [2.45, 2.75) is 13.3 Å². The van der Waals surface area contributed by atoms with Gasteiger partial charge < -0.3 is 5.32 Å². The van der Waals surface area contributed by atoms with Gasteiger partial charge in [-0.3, -0.25) is 0 Å². The number of halogens is 1. The molecule has 0 saturated carbocycles. The van der Waals surface area contributed by atoms with Crippen LogP contribution in [0.3, 0.4) is 0 Å². The van der Waals surface area contributed by atoms with Crippen LogP contribution in [0.1, 0.15) is 11.8 Å². The minimum absolute atomic E-state index is 0. The fraction of sp³-hybridized carbons (Fsp3) is 0.143. The molecule has 0 radical (unpaired) electrons. The van der Waals surface area contributed by atoms with Crippen molar-refractivity contribution in [1.82, 2.24) is 9.97 Å². The smallest absolute Gasteiger partial charge is 0.142 e. The Kier molecular flexibility index (Phi) is 4.35. The molecule has 1 aromatic carbocycles. The van der Waals surface area contributed by atoms with Crippen molar-refractivity contribution in [3.63, 3.8) is 0 Å². The second-order valence-corrected chi connectivity index (χ2v) is 5.11. The molecular formula is C14H14ClN3S. The van der Waals surface area contributed by atoms with Crippen molar-refractivity contribution in [2.75, 3.05) is 5.32 Å². The van der Waals surface area contributed by atoms with Gasteiger partial charge in [0.2, 0.25) is 0 Å². The van der Waals surface area contributed by atoms with Crippen LogP contribution in [0.25, 0.3) is 10.2 Å². The van der Waals surface area contributed by atoms with E-state index in [1.165, 1.54) is 4.88 Å². The number of hydrogen-bond donors (Lipinski definition) is 1. The molecule has 3 rings (SSSR count). The molecular weight excluding hydrogens is 278 g/mol. The molecule has 0 aliphatic carbocycles. The lowest BCUT2D eigenvalue weighted by molar-refractivity contribution is 1.19. The maximum absolute atomic E-state index is 4.33. The van der Waals surface area contributed by atoms with Crippen molar-refractivity contribution >= 4 is 45.5 Å². The Morgan fingerprint density at radius 1 is 1.16 bits per heavy atom. The maximum atomic E-state index is 4.33. The first-order valence-electron chi connectivity index (χ1n) is 5.92. The van der Waals surface area contributed by atoms with Gasteiger partial charge in [0, 0.05) is 10.6 Å². The van der Waals surface area contributed by atoms with Gasteiger partial charge in [0.25, 0.3) is 0 Å². The zero-order chi connectivity index (χ0) is 12.4. The first kappa shape index (κ1) is 13.8. The lowest BCUT2D eigenvalue weighted by atomic mass is 10.3. The first-order chi connectivity index (χ1) is 8.86. The summed E-state index contributed by atoms with van der Waals surface area (Å²) < 4.78 is 0. The first-order valence-corrected chi connectivity index (χ1v) is 6.74. The molecule has 0 amide bonds. The number of anilines is 2. The van der Waals surface area contributed by atoms with E-state index in [0.29, 0.717) is 0 Å². The van der Waals surface area contributed by atoms with E-state index in [-0.39, 0.29) is 12.4 Å². The number of nitrogens with one attached hydrogen (secondary N) is 1. The van der Waals surface area contributed by atoms with E-state index in [1.807, 2.05) is 30.3 Å². The summed E-state index contributed by atoms with van der Waals surface area (Å²) in [5.41, 5.74) is 1.04. The molecule has 0 spiro atoms. The summed E-state index contributed by atoms with van der Waals surface area (Å²) in [7, 11) is 0. The van der Waals surface area contributed by atoms with Crippen molar-refractivity contribution in [3.05, 3.63) is 47.6 Å². The van der Waals surface area contributed by atoms with Crippen LogP contribution in [0.2, 0.25) is 0 Å². The third kappa shape index (κ3) is 2.85. The summed E-state index contributed by atoms with van der Waals surface area (Å²) in [6.07, 6.45) is 2.65. The van der Waals surface area contributed by atoms with Gasteiger partial charge in [-0.1, -0.05) is 25.1 Å². The Labute approximate surface area is 122 Å². The van der Waals surface area contributed by atoms with E-state index in [4.69, 9.17) is 0 Å². The van der Waals surface area contributed by atoms with Crippen LogP contribution in [0.15, 0.2) is 42.7 Å². The minimum atomic E-state index is 0. The standard InChI is InChI=1S/C14H13N3S.ClH/c1-2-11-8-12-13(15-9-16-14(12)18-11)17-10-6-4-3-5-7-10;/h3-9H,2H2,1H3,(H,15,16,17);1H. The molecule has 0 fully saturated rings. The number of nitrogens with zero attached hydrogens (tertiary/aromatic N) is 2. The Morgan fingerprint density at radius 2 is 1.95 bits per heavy atom. The van der Waals surface area contributed by atoms with Crippen LogP contribution in [0, 0.1) is 0 Å². The molecule has 0 bridgehead atoms. The molecule has 19 heavy (non-hydrogen) atoms. The lowest BCUT2D eigenvalue weighted by Crippen LogP contribution is -1.93. The predicted molar refractivity (Wildman–Crippen MR) is 83.8 cm³/mol. The highest BCUT2D eigenvalue weighted by Crippen LogP contribution is 2.29. The average molecular weight is 292 g/mol. The average Bonchev–Trinajstić information content (AvgIpc) is 2.84. The minimum Gasteiger partial charge on any atom is -0.340 e. The van der Waals surface area contributed by atoms with Gasteiger partial charge in [0.05, 0.1) is 5.39 Å². The van der Waals surface area contributed by atoms with Gasteiger partial charge in [0.15, 0.2) is 0 Å². The summed E-state index contributed by atoms with van der Waals surface area (Å²) in [5.74, 6) is 0.877. The van der Waals surface area contributed by atoms with Gasteiger partial charge in [-0.2, -0.15) is 0 Å². The molecule has 5 heteroatoms. The zero-order valence-corrected chi connectivity index (χ0v) is 12.1. The van der Waals surface area contributed by atoms with E-state index >= 15 is 0 Å². The molecule has 0 saturated heterocycles. The van der Waals surface area contributed by atoms with Gasteiger partial charge in [-0.25, -0.2) is 9.97 Å². The maximum Gasteiger partial charge on any atom is 0.142 e. The second kappa shape index (κ2) is 5.99. The number of para-hydroxylation sites is 1. The number of aromatic nitrogens is 2.